The van der Waals surface area contributed by atoms with Crippen LogP contribution in [0.1, 0.15) is 32.3 Å². The third-order valence-electron chi connectivity index (χ3n) is 3.74. The Morgan fingerprint density at radius 1 is 1.39 bits per heavy atom. The van der Waals surface area contributed by atoms with Gasteiger partial charge >= 0.3 is 0 Å². The number of halogens is 1. The first-order valence-electron chi connectivity index (χ1n) is 6.27. The molecule has 4 heteroatoms. The molecule has 0 aliphatic carbocycles. The Balaban J connectivity index is 2.97. The van der Waals surface area contributed by atoms with Gasteiger partial charge in [-0.15, -0.1) is 0 Å². The predicted octanol–water partition coefficient (Wildman–Crippen LogP) is 3.35. The molecule has 3 N–H and O–H groups in total. The largest absolute Gasteiger partial charge is 0.329 e. The molecule has 0 radical (unpaired) electrons. The van der Waals surface area contributed by atoms with Crippen LogP contribution in [0.4, 0.5) is 5.69 Å². The first-order valence-corrected chi connectivity index (χ1v) is 6.65. The molecule has 0 saturated carbocycles. The van der Waals surface area contributed by atoms with E-state index in [2.05, 4.69) is 5.32 Å². The molecule has 0 aromatic heterocycles. The second kappa shape index (κ2) is 6.21. The van der Waals surface area contributed by atoms with Crippen molar-refractivity contribution >= 4 is 23.2 Å². The summed E-state index contributed by atoms with van der Waals surface area (Å²) in [5, 5.41) is 3.59. The second-order valence-electron chi connectivity index (χ2n) is 4.56. The van der Waals surface area contributed by atoms with Crippen molar-refractivity contribution in [1.29, 1.82) is 0 Å². The van der Waals surface area contributed by atoms with Crippen molar-refractivity contribution in [3.8, 4) is 0 Å². The molecule has 0 aliphatic heterocycles. The zero-order chi connectivity index (χ0) is 13.8. The molecule has 3 nitrogen and oxygen atoms in total. The molecule has 0 heterocycles. The number of carbonyl (C=O) groups is 1. The van der Waals surface area contributed by atoms with Crippen molar-refractivity contribution < 1.29 is 4.79 Å². The summed E-state index contributed by atoms with van der Waals surface area (Å²) in [5.74, 6) is -0.0274. The highest BCUT2D eigenvalue weighted by Crippen LogP contribution is 2.29. The van der Waals surface area contributed by atoms with Gasteiger partial charge in [-0.05, 0) is 37.5 Å². The lowest BCUT2D eigenvalue weighted by Crippen LogP contribution is -2.41. The molecular weight excluding hydrogens is 248 g/mol. The summed E-state index contributed by atoms with van der Waals surface area (Å²) in [6.45, 7) is 6.22. The number of nitrogens with one attached hydrogen (secondary N) is 1. The van der Waals surface area contributed by atoms with Gasteiger partial charge < -0.3 is 11.1 Å². The quantitative estimate of drug-likeness (QED) is 0.860. The standard InChI is InChI=1S/C14H21ClN2O/c1-4-14(5-2,9-16)13(18)17-12-8-6-7-11(15)10(12)3/h6-8H,4-5,9,16H2,1-3H3,(H,17,18). The Hall–Kier alpha value is -1.06. The normalized spacial score (nSPS) is 11.4. The van der Waals surface area contributed by atoms with Crippen LogP contribution in [-0.2, 0) is 4.79 Å². The fourth-order valence-electron chi connectivity index (χ4n) is 1.95. The van der Waals surface area contributed by atoms with Crippen LogP contribution in [0.25, 0.3) is 0 Å². The predicted molar refractivity (Wildman–Crippen MR) is 76.9 cm³/mol. The molecular formula is C14H21ClN2O. The molecule has 1 aromatic rings. The van der Waals surface area contributed by atoms with Crippen molar-refractivity contribution in [2.45, 2.75) is 33.6 Å². The summed E-state index contributed by atoms with van der Waals surface area (Å²) < 4.78 is 0. The van der Waals surface area contributed by atoms with Crippen molar-refractivity contribution in [3.05, 3.63) is 28.8 Å². The summed E-state index contributed by atoms with van der Waals surface area (Å²) >= 11 is 6.04. The summed E-state index contributed by atoms with van der Waals surface area (Å²) in [6, 6.07) is 5.49. The van der Waals surface area contributed by atoms with Gasteiger partial charge in [0.15, 0.2) is 0 Å². The lowest BCUT2D eigenvalue weighted by atomic mass is 9.81. The van der Waals surface area contributed by atoms with Crippen molar-refractivity contribution in [3.63, 3.8) is 0 Å². The van der Waals surface area contributed by atoms with Gasteiger partial charge in [-0.25, -0.2) is 0 Å². The fourth-order valence-corrected chi connectivity index (χ4v) is 2.12. The molecule has 0 bridgehead atoms. The Bertz CT molecular complexity index is 420. The van der Waals surface area contributed by atoms with Crippen LogP contribution in [0, 0.1) is 12.3 Å². The molecule has 0 atom stereocenters. The van der Waals surface area contributed by atoms with Gasteiger partial charge in [0.1, 0.15) is 0 Å². The number of amides is 1. The number of hydrogen-bond donors (Lipinski definition) is 2. The van der Waals surface area contributed by atoms with Gasteiger partial charge in [0.25, 0.3) is 0 Å². The highest BCUT2D eigenvalue weighted by Gasteiger charge is 2.33. The summed E-state index contributed by atoms with van der Waals surface area (Å²) in [7, 11) is 0. The lowest BCUT2D eigenvalue weighted by Gasteiger charge is -2.28. The van der Waals surface area contributed by atoms with E-state index >= 15 is 0 Å². The maximum Gasteiger partial charge on any atom is 0.231 e. The van der Waals surface area contributed by atoms with Crippen LogP contribution < -0.4 is 11.1 Å². The Morgan fingerprint density at radius 2 is 2.00 bits per heavy atom. The number of carbonyl (C=O) groups excluding carboxylic acids is 1. The molecule has 0 unspecified atom stereocenters. The van der Waals surface area contributed by atoms with Crippen LogP contribution >= 0.6 is 11.6 Å². The highest BCUT2D eigenvalue weighted by atomic mass is 35.5. The molecule has 18 heavy (non-hydrogen) atoms. The number of rotatable bonds is 5. The van der Waals surface area contributed by atoms with E-state index in [-0.39, 0.29) is 5.91 Å². The zero-order valence-electron chi connectivity index (χ0n) is 11.2. The van der Waals surface area contributed by atoms with Gasteiger partial charge in [-0.2, -0.15) is 0 Å². The minimum atomic E-state index is -0.491. The van der Waals surface area contributed by atoms with E-state index in [0.29, 0.717) is 11.6 Å². The Morgan fingerprint density at radius 3 is 2.50 bits per heavy atom. The maximum absolute atomic E-state index is 12.4. The molecule has 1 amide bonds. The van der Waals surface area contributed by atoms with E-state index < -0.39 is 5.41 Å². The minimum absolute atomic E-state index is 0.0274. The first-order chi connectivity index (χ1) is 8.50. The number of benzene rings is 1. The molecule has 1 rings (SSSR count). The van der Waals surface area contributed by atoms with Crippen LogP contribution in [-0.4, -0.2) is 12.5 Å². The lowest BCUT2D eigenvalue weighted by molar-refractivity contribution is -0.125. The highest BCUT2D eigenvalue weighted by molar-refractivity contribution is 6.31. The molecule has 100 valence electrons. The van der Waals surface area contributed by atoms with Gasteiger partial charge in [-0.3, -0.25) is 4.79 Å². The third-order valence-corrected chi connectivity index (χ3v) is 4.15. The molecule has 0 spiro atoms. The number of hydrogen-bond acceptors (Lipinski definition) is 2. The van der Waals surface area contributed by atoms with Gasteiger partial charge in [0.05, 0.1) is 5.41 Å². The van der Waals surface area contributed by atoms with E-state index in [1.54, 1.807) is 0 Å². The monoisotopic (exact) mass is 268 g/mol. The van der Waals surface area contributed by atoms with E-state index in [0.717, 1.165) is 24.1 Å². The SMILES string of the molecule is CCC(CC)(CN)C(=O)Nc1cccc(Cl)c1C. The van der Waals surface area contributed by atoms with Gasteiger partial charge in [0.2, 0.25) is 5.91 Å². The fraction of sp³-hybridized carbons (Fsp3) is 0.500. The Kier molecular flexibility index (Phi) is 5.17. The molecule has 0 aliphatic rings. The van der Waals surface area contributed by atoms with E-state index in [1.165, 1.54) is 0 Å². The van der Waals surface area contributed by atoms with Crippen LogP contribution in [0.15, 0.2) is 18.2 Å². The van der Waals surface area contributed by atoms with Crippen molar-refractivity contribution in [2.75, 3.05) is 11.9 Å². The smallest absolute Gasteiger partial charge is 0.231 e. The topological polar surface area (TPSA) is 55.1 Å². The summed E-state index contributed by atoms with van der Waals surface area (Å²) in [5.41, 5.74) is 6.91. The average Bonchev–Trinajstić information content (AvgIpc) is 2.38. The summed E-state index contributed by atoms with van der Waals surface area (Å²) in [4.78, 5) is 12.4. The van der Waals surface area contributed by atoms with Crippen LogP contribution in [0.2, 0.25) is 5.02 Å². The Labute approximate surface area is 114 Å². The van der Waals surface area contributed by atoms with Crippen molar-refractivity contribution in [2.24, 2.45) is 11.1 Å². The number of nitrogens with two attached hydrogens (primary N) is 1. The summed E-state index contributed by atoms with van der Waals surface area (Å²) in [6.07, 6.45) is 1.46. The average molecular weight is 269 g/mol. The van der Waals surface area contributed by atoms with Crippen LogP contribution in [0.3, 0.4) is 0 Å². The van der Waals surface area contributed by atoms with Crippen LogP contribution in [0.5, 0.6) is 0 Å². The third kappa shape index (κ3) is 2.85. The number of anilines is 1. The molecule has 1 aromatic carbocycles. The van der Waals surface area contributed by atoms with E-state index in [4.69, 9.17) is 17.3 Å². The van der Waals surface area contributed by atoms with Crippen molar-refractivity contribution in [1.82, 2.24) is 0 Å². The molecule has 0 fully saturated rings. The van der Waals surface area contributed by atoms with E-state index in [9.17, 15) is 4.79 Å². The molecule has 0 saturated heterocycles. The zero-order valence-corrected chi connectivity index (χ0v) is 12.0. The van der Waals surface area contributed by atoms with Gasteiger partial charge in [-0.1, -0.05) is 31.5 Å². The van der Waals surface area contributed by atoms with E-state index in [1.807, 2.05) is 39.0 Å². The second-order valence-corrected chi connectivity index (χ2v) is 4.97. The first kappa shape index (κ1) is 15.0. The minimum Gasteiger partial charge on any atom is -0.329 e. The maximum atomic E-state index is 12.4. The van der Waals surface area contributed by atoms with Gasteiger partial charge in [0, 0.05) is 17.3 Å².